The number of primary amides is 1. The highest BCUT2D eigenvalue weighted by molar-refractivity contribution is 6.01. The van der Waals surface area contributed by atoms with Crippen LogP contribution in [0.2, 0.25) is 0 Å². The maximum atomic E-state index is 12.8. The lowest BCUT2D eigenvalue weighted by Crippen LogP contribution is -2.23. The molecule has 3 N–H and O–H groups in total. The number of hydrogen-bond acceptors (Lipinski definition) is 4. The van der Waals surface area contributed by atoms with E-state index in [0.717, 1.165) is 12.8 Å². The van der Waals surface area contributed by atoms with Crippen LogP contribution in [0.15, 0.2) is 12.3 Å². The number of anilines is 1. The molecule has 2 amide bonds. The molecular formula is C14H16F2N6O2. The second-order valence-electron chi connectivity index (χ2n) is 5.67. The van der Waals surface area contributed by atoms with Crippen LogP contribution >= 0.6 is 0 Å². The maximum Gasteiger partial charge on any atom is 0.282 e. The standard InChI is InChI=1S/C14H16F2N6O2/c1-21-12(14(17)24)9(5-18-21)19-11(23)6-22-10(7-2-3-7)4-8(20-22)13(15)16/h4-5,7,13H,2-3,6H2,1H3,(H2,17,24)(H,19,23). The van der Waals surface area contributed by atoms with Gasteiger partial charge in [-0.3, -0.25) is 19.0 Å². The molecule has 8 nitrogen and oxygen atoms in total. The number of nitrogens with two attached hydrogens (primary N) is 1. The van der Waals surface area contributed by atoms with Gasteiger partial charge in [-0.05, 0) is 18.9 Å². The zero-order valence-corrected chi connectivity index (χ0v) is 12.9. The van der Waals surface area contributed by atoms with Crippen molar-refractivity contribution < 1.29 is 18.4 Å². The van der Waals surface area contributed by atoms with Gasteiger partial charge in [0.2, 0.25) is 5.91 Å². The molecule has 10 heteroatoms. The molecule has 0 radical (unpaired) electrons. The van der Waals surface area contributed by atoms with Gasteiger partial charge in [-0.2, -0.15) is 10.2 Å². The number of carbonyl (C=O) groups is 2. The third kappa shape index (κ3) is 3.12. The van der Waals surface area contributed by atoms with Crippen molar-refractivity contribution in [2.45, 2.75) is 31.7 Å². The SMILES string of the molecule is Cn1ncc(NC(=O)Cn2nc(C(F)F)cc2C2CC2)c1C(N)=O. The van der Waals surface area contributed by atoms with Gasteiger partial charge in [-0.15, -0.1) is 0 Å². The first-order valence-electron chi connectivity index (χ1n) is 7.34. The molecule has 1 fully saturated rings. The number of halogens is 2. The van der Waals surface area contributed by atoms with Crippen molar-refractivity contribution in [3.05, 3.63) is 29.3 Å². The van der Waals surface area contributed by atoms with E-state index in [-0.39, 0.29) is 29.5 Å². The molecule has 128 valence electrons. The average Bonchev–Trinajstić information content (AvgIpc) is 3.15. The maximum absolute atomic E-state index is 12.8. The van der Waals surface area contributed by atoms with Gasteiger partial charge in [0.25, 0.3) is 12.3 Å². The number of aromatic nitrogens is 4. The Labute approximate surface area is 135 Å². The third-order valence-electron chi connectivity index (χ3n) is 3.79. The minimum absolute atomic E-state index is 0.0551. The Kier molecular flexibility index (Phi) is 4.04. The number of nitrogens with zero attached hydrogens (tertiary/aromatic N) is 4. The zero-order valence-electron chi connectivity index (χ0n) is 12.9. The van der Waals surface area contributed by atoms with E-state index in [1.165, 1.54) is 28.7 Å². The fourth-order valence-corrected chi connectivity index (χ4v) is 2.54. The summed E-state index contributed by atoms with van der Waals surface area (Å²) in [6.07, 6.45) is 0.397. The normalized spacial score (nSPS) is 14.2. The molecule has 0 bridgehead atoms. The van der Waals surface area contributed by atoms with Gasteiger partial charge in [-0.25, -0.2) is 8.78 Å². The summed E-state index contributed by atoms with van der Waals surface area (Å²) >= 11 is 0. The molecule has 1 saturated carbocycles. The van der Waals surface area contributed by atoms with E-state index in [9.17, 15) is 18.4 Å². The van der Waals surface area contributed by atoms with Gasteiger partial charge in [0.15, 0.2) is 0 Å². The molecule has 2 aromatic heterocycles. The van der Waals surface area contributed by atoms with Gasteiger partial charge in [-0.1, -0.05) is 0 Å². The lowest BCUT2D eigenvalue weighted by molar-refractivity contribution is -0.117. The van der Waals surface area contributed by atoms with Gasteiger partial charge < -0.3 is 11.1 Å². The Morgan fingerprint density at radius 3 is 2.75 bits per heavy atom. The van der Waals surface area contributed by atoms with E-state index >= 15 is 0 Å². The summed E-state index contributed by atoms with van der Waals surface area (Å²) in [6.45, 7) is -0.231. The van der Waals surface area contributed by atoms with Crippen molar-refractivity contribution in [3.8, 4) is 0 Å². The first-order valence-corrected chi connectivity index (χ1v) is 7.34. The Bertz CT molecular complexity index is 793. The Balaban J connectivity index is 1.77. The molecule has 0 aromatic carbocycles. The molecule has 3 rings (SSSR count). The predicted molar refractivity (Wildman–Crippen MR) is 79.5 cm³/mol. The molecule has 1 aliphatic carbocycles. The quantitative estimate of drug-likeness (QED) is 0.824. The topological polar surface area (TPSA) is 108 Å². The highest BCUT2D eigenvalue weighted by Gasteiger charge is 2.30. The van der Waals surface area contributed by atoms with Crippen LogP contribution in [0, 0.1) is 0 Å². The molecule has 0 unspecified atom stereocenters. The van der Waals surface area contributed by atoms with E-state index in [0.29, 0.717) is 5.69 Å². The van der Waals surface area contributed by atoms with Crippen molar-refractivity contribution in [1.29, 1.82) is 0 Å². The molecular weight excluding hydrogens is 322 g/mol. The van der Waals surface area contributed by atoms with Crippen molar-refractivity contribution in [1.82, 2.24) is 19.6 Å². The molecule has 1 aliphatic rings. The first-order chi connectivity index (χ1) is 11.4. The number of rotatable bonds is 6. The third-order valence-corrected chi connectivity index (χ3v) is 3.79. The van der Waals surface area contributed by atoms with Crippen LogP contribution in [0.1, 0.15) is 47.1 Å². The summed E-state index contributed by atoms with van der Waals surface area (Å²) in [7, 11) is 1.52. The highest BCUT2D eigenvalue weighted by atomic mass is 19.3. The lowest BCUT2D eigenvalue weighted by atomic mass is 10.2. The fraction of sp³-hybridized carbons (Fsp3) is 0.429. The second kappa shape index (κ2) is 6.02. The summed E-state index contributed by atoms with van der Waals surface area (Å²) in [5.41, 5.74) is 5.75. The lowest BCUT2D eigenvalue weighted by Gasteiger charge is -2.08. The van der Waals surface area contributed by atoms with Crippen LogP contribution in [-0.2, 0) is 18.4 Å². The summed E-state index contributed by atoms with van der Waals surface area (Å²) in [5.74, 6) is -1.07. The van der Waals surface area contributed by atoms with E-state index in [1.54, 1.807) is 0 Å². The highest BCUT2D eigenvalue weighted by Crippen LogP contribution is 2.41. The largest absolute Gasteiger partial charge is 0.364 e. The Morgan fingerprint density at radius 2 is 2.17 bits per heavy atom. The fourth-order valence-electron chi connectivity index (χ4n) is 2.54. The summed E-state index contributed by atoms with van der Waals surface area (Å²) in [6, 6.07) is 1.34. The monoisotopic (exact) mass is 338 g/mol. The van der Waals surface area contributed by atoms with Gasteiger partial charge >= 0.3 is 0 Å². The first kappa shape index (κ1) is 16.1. The number of nitrogens with one attached hydrogen (secondary N) is 1. The molecule has 0 aliphatic heterocycles. The van der Waals surface area contributed by atoms with Crippen LogP contribution in [0.25, 0.3) is 0 Å². The Morgan fingerprint density at radius 1 is 1.46 bits per heavy atom. The molecule has 0 atom stereocenters. The van der Waals surface area contributed by atoms with Crippen LogP contribution < -0.4 is 11.1 Å². The van der Waals surface area contributed by atoms with Gasteiger partial charge in [0, 0.05) is 18.7 Å². The number of amides is 2. The molecule has 2 aromatic rings. The number of carbonyl (C=O) groups excluding carboxylic acids is 2. The summed E-state index contributed by atoms with van der Waals surface area (Å²) in [4.78, 5) is 23.6. The van der Waals surface area contributed by atoms with Gasteiger partial charge in [0.05, 0.1) is 11.9 Å². The number of hydrogen-bond donors (Lipinski definition) is 2. The summed E-state index contributed by atoms with van der Waals surface area (Å²) < 4.78 is 28.2. The van der Waals surface area contributed by atoms with E-state index in [4.69, 9.17) is 5.73 Å². The minimum atomic E-state index is -2.69. The van der Waals surface area contributed by atoms with E-state index in [2.05, 4.69) is 15.5 Å². The number of aryl methyl sites for hydroxylation is 1. The van der Waals surface area contributed by atoms with E-state index in [1.807, 2.05) is 0 Å². The smallest absolute Gasteiger partial charge is 0.282 e. The zero-order chi connectivity index (χ0) is 17.4. The minimum Gasteiger partial charge on any atom is -0.364 e. The Hall–Kier alpha value is -2.78. The average molecular weight is 338 g/mol. The van der Waals surface area contributed by atoms with Crippen molar-refractivity contribution in [3.63, 3.8) is 0 Å². The van der Waals surface area contributed by atoms with Crippen molar-refractivity contribution in [2.75, 3.05) is 5.32 Å². The summed E-state index contributed by atoms with van der Waals surface area (Å²) in [5, 5.41) is 10.2. The second-order valence-corrected chi connectivity index (χ2v) is 5.67. The van der Waals surface area contributed by atoms with Crippen molar-refractivity contribution >= 4 is 17.5 Å². The van der Waals surface area contributed by atoms with Crippen LogP contribution in [0.4, 0.5) is 14.5 Å². The number of alkyl halides is 2. The van der Waals surface area contributed by atoms with Crippen LogP contribution in [0.3, 0.4) is 0 Å². The van der Waals surface area contributed by atoms with Gasteiger partial charge in [0.1, 0.15) is 17.9 Å². The molecule has 0 spiro atoms. The van der Waals surface area contributed by atoms with Crippen molar-refractivity contribution in [2.24, 2.45) is 12.8 Å². The predicted octanol–water partition coefficient (Wildman–Crippen LogP) is 1.17. The molecule has 2 heterocycles. The van der Waals surface area contributed by atoms with Crippen LogP contribution in [-0.4, -0.2) is 31.4 Å². The van der Waals surface area contributed by atoms with Crippen LogP contribution in [0.5, 0.6) is 0 Å². The molecule has 0 saturated heterocycles. The molecule has 24 heavy (non-hydrogen) atoms. The van der Waals surface area contributed by atoms with E-state index < -0.39 is 18.2 Å².